The predicted molar refractivity (Wildman–Crippen MR) is 116 cm³/mol. The zero-order chi connectivity index (χ0) is 19.5. The highest BCUT2D eigenvalue weighted by Gasteiger charge is 2.15. The van der Waals surface area contributed by atoms with Gasteiger partial charge in [-0.05, 0) is 66.3 Å². The zero-order valence-electron chi connectivity index (χ0n) is 16.7. The Kier molecular flexibility index (Phi) is 9.40. The maximum absolute atomic E-state index is 10.7. The monoisotopic (exact) mass is 387 g/mol. The molecule has 0 spiro atoms. The van der Waals surface area contributed by atoms with Crippen molar-refractivity contribution in [2.75, 3.05) is 11.9 Å². The third kappa shape index (κ3) is 7.37. The largest absolute Gasteiger partial charge is 0.481 e. The molecular weight excluding hydrogens is 354 g/mol. The number of aliphatic carboxylic acids is 1. The summed E-state index contributed by atoms with van der Waals surface area (Å²) in [4.78, 5) is 12.3. The fourth-order valence-electron chi connectivity index (χ4n) is 3.57. The molecule has 2 aromatic rings. The van der Waals surface area contributed by atoms with Gasteiger partial charge in [-0.1, -0.05) is 45.2 Å². The zero-order valence-corrected chi connectivity index (χ0v) is 17.5. The Bertz CT molecular complexity index is 678. The van der Waals surface area contributed by atoms with Gasteiger partial charge in [0.15, 0.2) is 0 Å². The highest BCUT2D eigenvalue weighted by Crippen LogP contribution is 2.33. The van der Waals surface area contributed by atoms with Crippen LogP contribution in [0.25, 0.3) is 0 Å². The summed E-state index contributed by atoms with van der Waals surface area (Å²) < 4.78 is 0. The van der Waals surface area contributed by atoms with Crippen LogP contribution in [0.3, 0.4) is 0 Å². The summed E-state index contributed by atoms with van der Waals surface area (Å²) in [5, 5.41) is 14.5. The van der Waals surface area contributed by atoms with Crippen molar-refractivity contribution in [1.29, 1.82) is 0 Å². The summed E-state index contributed by atoms with van der Waals surface area (Å²) >= 11 is 1.91. The van der Waals surface area contributed by atoms with Gasteiger partial charge in [-0.2, -0.15) is 0 Å². The molecule has 1 atom stereocenters. The van der Waals surface area contributed by atoms with E-state index < -0.39 is 5.97 Å². The fraction of sp³-hybridized carbons (Fsp3) is 0.522. The summed E-state index contributed by atoms with van der Waals surface area (Å²) in [6, 6.07) is 10.1. The smallest absolute Gasteiger partial charge is 0.307 e. The van der Waals surface area contributed by atoms with Crippen molar-refractivity contribution in [3.8, 4) is 0 Å². The van der Waals surface area contributed by atoms with E-state index in [0.717, 1.165) is 36.6 Å². The lowest BCUT2D eigenvalue weighted by Gasteiger charge is -2.17. The van der Waals surface area contributed by atoms with Gasteiger partial charge < -0.3 is 10.4 Å². The highest BCUT2D eigenvalue weighted by atomic mass is 32.1. The van der Waals surface area contributed by atoms with Crippen LogP contribution >= 0.6 is 11.3 Å². The highest BCUT2D eigenvalue weighted by molar-refractivity contribution is 7.10. The Balaban J connectivity index is 1.81. The summed E-state index contributed by atoms with van der Waals surface area (Å²) in [6.45, 7) is 5.50. The second kappa shape index (κ2) is 11.8. The minimum absolute atomic E-state index is 0.0817. The second-order valence-electron chi connectivity index (χ2n) is 7.22. The summed E-state index contributed by atoms with van der Waals surface area (Å²) in [5.74, 6) is -0.0614. The number of hydrogen-bond acceptors (Lipinski definition) is 3. The van der Waals surface area contributed by atoms with Crippen LogP contribution in [0.5, 0.6) is 0 Å². The van der Waals surface area contributed by atoms with Gasteiger partial charge in [0.25, 0.3) is 0 Å². The van der Waals surface area contributed by atoms with Crippen LogP contribution in [-0.2, 0) is 17.6 Å². The molecule has 1 heterocycles. The minimum Gasteiger partial charge on any atom is -0.481 e. The second-order valence-corrected chi connectivity index (χ2v) is 8.23. The molecule has 0 fully saturated rings. The first-order chi connectivity index (χ1) is 13.1. The van der Waals surface area contributed by atoms with E-state index in [-0.39, 0.29) is 6.42 Å². The maximum Gasteiger partial charge on any atom is 0.307 e. The van der Waals surface area contributed by atoms with Gasteiger partial charge in [0.1, 0.15) is 0 Å². The van der Waals surface area contributed by atoms with Gasteiger partial charge in [-0.25, -0.2) is 0 Å². The van der Waals surface area contributed by atoms with Gasteiger partial charge in [0.2, 0.25) is 0 Å². The van der Waals surface area contributed by atoms with Crippen LogP contribution in [0.1, 0.15) is 74.3 Å². The van der Waals surface area contributed by atoms with Crippen LogP contribution in [-0.4, -0.2) is 17.6 Å². The first kappa shape index (κ1) is 21.5. The number of nitrogens with one attached hydrogen (secondary N) is 1. The molecule has 1 aromatic heterocycles. The SMILES string of the molecule is CCCCC(CCC)c1ccsc1CCCNc1ccc(CC(=O)O)cc1. The van der Waals surface area contributed by atoms with Gasteiger partial charge in [0.05, 0.1) is 6.42 Å². The lowest BCUT2D eigenvalue weighted by molar-refractivity contribution is -0.136. The molecule has 2 rings (SSSR count). The standard InChI is InChI=1S/C23H33NO2S/c1-3-5-8-19(7-4-2)21-14-16-27-22(21)9-6-15-24-20-12-10-18(11-13-20)17-23(25)26/h10-14,16,19,24H,3-9,15,17H2,1-2H3,(H,25,26). The Labute approximate surface area is 167 Å². The van der Waals surface area contributed by atoms with E-state index in [9.17, 15) is 4.79 Å². The number of hydrogen-bond donors (Lipinski definition) is 2. The number of carboxylic acids is 1. The molecule has 0 aliphatic rings. The van der Waals surface area contributed by atoms with Crippen molar-refractivity contribution in [3.63, 3.8) is 0 Å². The molecule has 0 aliphatic carbocycles. The third-order valence-corrected chi connectivity index (χ3v) is 5.98. The molecule has 27 heavy (non-hydrogen) atoms. The molecule has 2 N–H and O–H groups in total. The van der Waals surface area contributed by atoms with Crippen LogP contribution < -0.4 is 5.32 Å². The van der Waals surface area contributed by atoms with Crippen molar-refractivity contribution >= 4 is 23.0 Å². The fourth-order valence-corrected chi connectivity index (χ4v) is 4.58. The average Bonchev–Trinajstić information content (AvgIpc) is 3.11. The molecule has 3 nitrogen and oxygen atoms in total. The quantitative estimate of drug-likeness (QED) is 0.386. The van der Waals surface area contributed by atoms with E-state index in [1.165, 1.54) is 32.1 Å². The van der Waals surface area contributed by atoms with Crippen LogP contribution in [0.4, 0.5) is 5.69 Å². The first-order valence-corrected chi connectivity index (χ1v) is 11.1. The van der Waals surface area contributed by atoms with E-state index >= 15 is 0 Å². The van der Waals surface area contributed by atoms with Crippen LogP contribution in [0, 0.1) is 0 Å². The van der Waals surface area contributed by atoms with Crippen molar-refractivity contribution in [1.82, 2.24) is 0 Å². The lowest BCUT2D eigenvalue weighted by Crippen LogP contribution is -2.05. The number of thiophene rings is 1. The Morgan fingerprint density at radius 1 is 1.07 bits per heavy atom. The molecule has 0 amide bonds. The van der Waals surface area contributed by atoms with Crippen LogP contribution in [0.15, 0.2) is 35.7 Å². The number of rotatable bonds is 13. The number of benzene rings is 1. The third-order valence-electron chi connectivity index (χ3n) is 4.98. The number of carboxylic acid groups (broad SMARTS) is 1. The van der Waals surface area contributed by atoms with E-state index in [1.807, 2.05) is 35.6 Å². The first-order valence-electron chi connectivity index (χ1n) is 10.2. The Morgan fingerprint density at radius 2 is 1.85 bits per heavy atom. The van der Waals surface area contributed by atoms with Gasteiger partial charge >= 0.3 is 5.97 Å². The molecular formula is C23H33NO2S. The van der Waals surface area contributed by atoms with E-state index in [1.54, 1.807) is 10.4 Å². The molecule has 0 bridgehead atoms. The number of anilines is 1. The molecule has 1 unspecified atom stereocenters. The maximum atomic E-state index is 10.7. The van der Waals surface area contributed by atoms with E-state index in [2.05, 4.69) is 30.6 Å². The van der Waals surface area contributed by atoms with E-state index in [0.29, 0.717) is 0 Å². The molecule has 4 heteroatoms. The van der Waals surface area contributed by atoms with Gasteiger partial charge in [0, 0.05) is 17.1 Å². The minimum atomic E-state index is -0.789. The van der Waals surface area contributed by atoms with E-state index in [4.69, 9.17) is 5.11 Å². The van der Waals surface area contributed by atoms with Crippen LogP contribution in [0.2, 0.25) is 0 Å². The molecule has 0 aliphatic heterocycles. The number of carbonyl (C=O) groups is 1. The van der Waals surface area contributed by atoms with Crippen molar-refractivity contribution in [2.24, 2.45) is 0 Å². The predicted octanol–water partition coefficient (Wildman–Crippen LogP) is 6.49. The summed E-state index contributed by atoms with van der Waals surface area (Å²) in [7, 11) is 0. The Morgan fingerprint density at radius 3 is 2.52 bits per heavy atom. The topological polar surface area (TPSA) is 49.3 Å². The van der Waals surface area contributed by atoms with Crippen molar-refractivity contribution in [2.45, 2.75) is 71.1 Å². The van der Waals surface area contributed by atoms with Crippen molar-refractivity contribution < 1.29 is 9.90 Å². The molecule has 0 saturated heterocycles. The molecule has 0 saturated carbocycles. The van der Waals surface area contributed by atoms with Gasteiger partial charge in [-0.15, -0.1) is 11.3 Å². The van der Waals surface area contributed by atoms with Gasteiger partial charge in [-0.3, -0.25) is 4.79 Å². The number of unbranched alkanes of at least 4 members (excludes halogenated alkanes) is 1. The normalized spacial score (nSPS) is 12.1. The molecule has 148 valence electrons. The molecule has 1 aromatic carbocycles. The summed E-state index contributed by atoms with van der Waals surface area (Å²) in [5.41, 5.74) is 3.49. The number of aryl methyl sites for hydroxylation is 1. The van der Waals surface area contributed by atoms with Crippen molar-refractivity contribution in [3.05, 3.63) is 51.7 Å². The Hall–Kier alpha value is -1.81. The molecule has 0 radical (unpaired) electrons. The average molecular weight is 388 g/mol. The lowest BCUT2D eigenvalue weighted by atomic mass is 9.89. The summed E-state index contributed by atoms with van der Waals surface area (Å²) in [6.07, 6.45) is 8.77.